The normalized spacial score (nSPS) is 19.1. The van der Waals surface area contributed by atoms with Crippen LogP contribution in [0, 0.1) is 0 Å². The van der Waals surface area contributed by atoms with Crippen molar-refractivity contribution < 1.29 is 8.83 Å². The van der Waals surface area contributed by atoms with Crippen LogP contribution < -0.4 is 0 Å². The fourth-order valence-corrected chi connectivity index (χ4v) is 6.11. The summed E-state index contributed by atoms with van der Waals surface area (Å²) in [5.41, 5.74) is 6.04. The summed E-state index contributed by atoms with van der Waals surface area (Å²) < 4.78 is 12.2. The molecular formula is C32H28Cl2N4O2. The van der Waals surface area contributed by atoms with E-state index in [2.05, 4.69) is 58.5 Å². The van der Waals surface area contributed by atoms with E-state index in [-0.39, 0.29) is 12.1 Å². The molecule has 0 aliphatic carbocycles. The molecule has 0 radical (unpaired) electrons. The van der Waals surface area contributed by atoms with Crippen LogP contribution in [0.5, 0.6) is 0 Å². The molecule has 8 heteroatoms. The van der Waals surface area contributed by atoms with Crippen molar-refractivity contribution in [3.63, 3.8) is 0 Å². The molecule has 4 heterocycles. The third-order valence-corrected chi connectivity index (χ3v) is 8.08. The SMILES string of the molecule is ClCCN1N=C(c2cc3ccccc3o2)CC1c1ccc(C2CC(c3cc4ccccc4o3)=NN2CCCl)cc1. The van der Waals surface area contributed by atoms with Gasteiger partial charge in [0.1, 0.15) is 22.6 Å². The molecule has 3 aromatic carbocycles. The van der Waals surface area contributed by atoms with Crippen molar-refractivity contribution in [1.29, 1.82) is 0 Å². The molecule has 0 N–H and O–H groups in total. The lowest BCUT2D eigenvalue weighted by Crippen LogP contribution is -2.23. The summed E-state index contributed by atoms with van der Waals surface area (Å²) in [6.07, 6.45) is 1.52. The third kappa shape index (κ3) is 4.65. The fraction of sp³-hybridized carbons (Fsp3) is 0.250. The standard InChI is InChI=1S/C32H28Cl2N4O2/c33-13-15-37-27(19-25(35-37)31-17-23-5-1-3-7-29(23)39-31)21-9-11-22(12-10-21)28-20-26(36-38(28)16-14-34)32-18-24-6-2-4-8-30(24)40-32/h1-12,17-18,27-28H,13-16,19-20H2. The molecule has 2 aliphatic rings. The molecule has 0 saturated carbocycles. The predicted octanol–water partition coefficient (Wildman–Crippen LogP) is 7.96. The van der Waals surface area contributed by atoms with Crippen LogP contribution in [0.3, 0.4) is 0 Å². The summed E-state index contributed by atoms with van der Waals surface area (Å²) in [7, 11) is 0. The Morgan fingerprint density at radius 2 is 1.05 bits per heavy atom. The molecule has 5 aromatic rings. The maximum absolute atomic E-state index is 6.17. The van der Waals surface area contributed by atoms with E-state index in [1.54, 1.807) is 0 Å². The second-order valence-electron chi connectivity index (χ2n) is 10.2. The number of fused-ring (bicyclic) bond motifs is 2. The predicted molar refractivity (Wildman–Crippen MR) is 162 cm³/mol. The molecule has 0 saturated heterocycles. The summed E-state index contributed by atoms with van der Waals surface area (Å²) in [6.45, 7) is 1.33. The van der Waals surface area contributed by atoms with Crippen LogP contribution in [0.2, 0.25) is 0 Å². The van der Waals surface area contributed by atoms with Crippen molar-refractivity contribution in [2.24, 2.45) is 10.2 Å². The van der Waals surface area contributed by atoms with Crippen molar-refractivity contribution in [3.05, 3.63) is 108 Å². The average molecular weight is 572 g/mol. The molecule has 0 fully saturated rings. The lowest BCUT2D eigenvalue weighted by molar-refractivity contribution is 0.245. The number of furan rings is 2. The zero-order valence-electron chi connectivity index (χ0n) is 21.8. The van der Waals surface area contributed by atoms with Crippen LogP contribution in [-0.4, -0.2) is 46.3 Å². The van der Waals surface area contributed by atoms with Crippen molar-refractivity contribution in [3.8, 4) is 0 Å². The number of halogens is 2. The van der Waals surface area contributed by atoms with Gasteiger partial charge in [0.25, 0.3) is 0 Å². The maximum Gasteiger partial charge on any atom is 0.151 e. The van der Waals surface area contributed by atoms with Crippen LogP contribution in [0.1, 0.15) is 47.6 Å². The number of hydrogen-bond donors (Lipinski definition) is 0. The van der Waals surface area contributed by atoms with Gasteiger partial charge in [-0.1, -0.05) is 60.7 Å². The highest BCUT2D eigenvalue weighted by atomic mass is 35.5. The van der Waals surface area contributed by atoms with Crippen LogP contribution in [0.15, 0.2) is 104 Å². The summed E-state index contributed by atoms with van der Waals surface area (Å²) in [6, 6.07) is 29.3. The van der Waals surface area contributed by atoms with Gasteiger partial charge in [0.15, 0.2) is 11.5 Å². The summed E-state index contributed by atoms with van der Waals surface area (Å²) in [4.78, 5) is 0. The highest BCUT2D eigenvalue weighted by molar-refractivity contribution is 6.18. The first-order valence-corrected chi connectivity index (χ1v) is 14.6. The monoisotopic (exact) mass is 570 g/mol. The Kier molecular flexibility index (Phi) is 6.74. The van der Waals surface area contributed by atoms with Gasteiger partial charge in [-0.25, -0.2) is 0 Å². The number of rotatable bonds is 8. The Balaban J connectivity index is 1.12. The van der Waals surface area contributed by atoms with Crippen molar-refractivity contribution in [2.45, 2.75) is 24.9 Å². The van der Waals surface area contributed by atoms with Gasteiger partial charge in [-0.15, -0.1) is 23.2 Å². The first-order chi connectivity index (χ1) is 19.7. The quantitative estimate of drug-likeness (QED) is 0.177. The zero-order chi connectivity index (χ0) is 27.1. The molecule has 202 valence electrons. The molecule has 2 aliphatic heterocycles. The first kappa shape index (κ1) is 25.2. The van der Waals surface area contributed by atoms with Gasteiger partial charge < -0.3 is 8.83 Å². The van der Waals surface area contributed by atoms with E-state index in [0.29, 0.717) is 24.8 Å². The number of hydrogen-bond acceptors (Lipinski definition) is 6. The molecule has 2 unspecified atom stereocenters. The van der Waals surface area contributed by atoms with Crippen LogP contribution in [0.25, 0.3) is 21.9 Å². The Labute approximate surface area is 242 Å². The van der Waals surface area contributed by atoms with Crippen LogP contribution in [0.4, 0.5) is 0 Å². The van der Waals surface area contributed by atoms with Crippen LogP contribution >= 0.6 is 23.2 Å². The summed E-state index contributed by atoms with van der Waals surface area (Å²) >= 11 is 12.3. The lowest BCUT2D eigenvalue weighted by Gasteiger charge is -2.25. The van der Waals surface area contributed by atoms with Gasteiger partial charge >= 0.3 is 0 Å². The third-order valence-electron chi connectivity index (χ3n) is 7.74. The Morgan fingerprint density at radius 3 is 1.45 bits per heavy atom. The largest absolute Gasteiger partial charge is 0.455 e. The zero-order valence-corrected chi connectivity index (χ0v) is 23.4. The van der Waals surface area contributed by atoms with Gasteiger partial charge in [0, 0.05) is 35.4 Å². The molecule has 0 spiro atoms. The van der Waals surface area contributed by atoms with Crippen molar-refractivity contribution in [1.82, 2.24) is 10.0 Å². The molecule has 7 rings (SSSR count). The molecule has 6 nitrogen and oxygen atoms in total. The second kappa shape index (κ2) is 10.7. The lowest BCUT2D eigenvalue weighted by atomic mass is 9.96. The molecule has 0 bridgehead atoms. The Morgan fingerprint density at radius 1 is 0.625 bits per heavy atom. The minimum Gasteiger partial charge on any atom is -0.455 e. The molecule has 40 heavy (non-hydrogen) atoms. The smallest absolute Gasteiger partial charge is 0.151 e. The number of alkyl halides is 2. The van der Waals surface area contributed by atoms with E-state index in [4.69, 9.17) is 42.2 Å². The van der Waals surface area contributed by atoms with Gasteiger partial charge in [0.05, 0.1) is 25.2 Å². The average Bonchev–Trinajstić information content (AvgIpc) is 3.77. The first-order valence-electron chi connectivity index (χ1n) is 13.6. The van der Waals surface area contributed by atoms with Gasteiger partial charge in [-0.05, 0) is 35.4 Å². The Hall–Kier alpha value is -3.74. The summed E-state index contributed by atoms with van der Waals surface area (Å²) in [5.74, 6) is 2.64. The maximum atomic E-state index is 6.17. The molecule has 2 aromatic heterocycles. The topological polar surface area (TPSA) is 57.5 Å². The number of hydrazone groups is 2. The van der Waals surface area contributed by atoms with Crippen LogP contribution in [-0.2, 0) is 0 Å². The van der Waals surface area contributed by atoms with E-state index in [1.165, 1.54) is 11.1 Å². The molecule has 2 atom stereocenters. The fourth-order valence-electron chi connectivity index (χ4n) is 5.76. The minimum absolute atomic E-state index is 0.0981. The Bertz CT molecular complexity index is 1530. The van der Waals surface area contributed by atoms with E-state index in [0.717, 1.165) is 57.7 Å². The second-order valence-corrected chi connectivity index (χ2v) is 11.0. The van der Waals surface area contributed by atoms with E-state index in [1.807, 2.05) is 36.4 Å². The summed E-state index contributed by atoms with van der Waals surface area (Å²) in [5, 5.41) is 16.2. The van der Waals surface area contributed by atoms with Gasteiger partial charge in [-0.2, -0.15) is 10.2 Å². The number of nitrogens with zero attached hydrogens (tertiary/aromatic N) is 4. The number of benzene rings is 3. The molecule has 0 amide bonds. The highest BCUT2D eigenvalue weighted by Crippen LogP contribution is 2.37. The van der Waals surface area contributed by atoms with Crippen molar-refractivity contribution in [2.75, 3.05) is 24.8 Å². The van der Waals surface area contributed by atoms with Gasteiger partial charge in [-0.3, -0.25) is 10.0 Å². The van der Waals surface area contributed by atoms with E-state index < -0.39 is 0 Å². The highest BCUT2D eigenvalue weighted by Gasteiger charge is 2.32. The van der Waals surface area contributed by atoms with Gasteiger partial charge in [0.2, 0.25) is 0 Å². The van der Waals surface area contributed by atoms with Crippen molar-refractivity contribution >= 4 is 56.6 Å². The number of para-hydroxylation sites is 2. The molecular weight excluding hydrogens is 543 g/mol. The van der Waals surface area contributed by atoms with E-state index in [9.17, 15) is 0 Å². The minimum atomic E-state index is 0.0981. The van der Waals surface area contributed by atoms with E-state index >= 15 is 0 Å².